The molecule has 0 aliphatic heterocycles. The Labute approximate surface area is 51.6 Å². The molecule has 0 rings (SSSR count). The molecule has 0 spiro atoms. The number of amides is 1. The highest BCUT2D eigenvalue weighted by atomic mass is 16.4. The molecule has 4 N–H and O–H groups in total. The maximum atomic E-state index is 9.97. The predicted molar refractivity (Wildman–Crippen MR) is 26.8 cm³/mol. The fourth-order valence-electron chi connectivity index (χ4n) is 0.300. The molecule has 5 nitrogen and oxygen atoms in total. The first kappa shape index (κ1) is 7.90. The van der Waals surface area contributed by atoms with Crippen LogP contribution in [0.2, 0.25) is 0 Å². The Morgan fingerprint density at radius 2 is 2.00 bits per heavy atom. The van der Waals surface area contributed by atoms with Crippen molar-refractivity contribution in [2.45, 2.75) is 12.5 Å². The number of carbonyl (C=O) groups is 2. The summed E-state index contributed by atoms with van der Waals surface area (Å²) in [5.74, 6) is -2.21. The van der Waals surface area contributed by atoms with Crippen molar-refractivity contribution in [3.05, 3.63) is 0 Å². The molecule has 0 aromatic heterocycles. The molecule has 9 heavy (non-hydrogen) atoms. The van der Waals surface area contributed by atoms with Crippen molar-refractivity contribution in [1.82, 2.24) is 0 Å². The van der Waals surface area contributed by atoms with Gasteiger partial charge in [-0.15, -0.1) is 0 Å². The molecule has 0 heterocycles. The lowest BCUT2D eigenvalue weighted by molar-refractivity contribution is -0.307. The topological polar surface area (TPSA) is 109 Å². The highest BCUT2D eigenvalue weighted by Gasteiger charge is 2.05. The van der Waals surface area contributed by atoms with E-state index in [2.05, 4.69) is 5.73 Å². The minimum Gasteiger partial charge on any atom is -0.548 e. The molecular formula is C4H7N2O3-. The minimum atomic E-state index is -1.46. The molecule has 0 saturated carbocycles. The van der Waals surface area contributed by atoms with Crippen LogP contribution in [0.15, 0.2) is 0 Å². The third-order valence-corrected chi connectivity index (χ3v) is 0.724. The van der Waals surface area contributed by atoms with E-state index in [9.17, 15) is 14.7 Å². The Balaban J connectivity index is 3.63. The van der Waals surface area contributed by atoms with E-state index in [1.807, 2.05) is 0 Å². The van der Waals surface area contributed by atoms with Crippen LogP contribution in [-0.4, -0.2) is 17.9 Å². The standard InChI is InChI=1S/C4H8N2O3/c5-2(4(8)9)1-3(6)7/h2H,1,5H2,(H2,6,7)(H,8,9)/p-1/t2-/m1/s1. The fourth-order valence-corrected chi connectivity index (χ4v) is 0.300. The van der Waals surface area contributed by atoms with E-state index in [1.165, 1.54) is 0 Å². The van der Waals surface area contributed by atoms with Crippen molar-refractivity contribution in [2.24, 2.45) is 11.5 Å². The van der Waals surface area contributed by atoms with Crippen LogP contribution in [-0.2, 0) is 9.59 Å². The molecular weight excluding hydrogens is 124 g/mol. The van der Waals surface area contributed by atoms with Gasteiger partial charge in [0.05, 0.1) is 12.0 Å². The lowest BCUT2D eigenvalue weighted by Crippen LogP contribution is -2.44. The molecule has 0 aliphatic rings. The van der Waals surface area contributed by atoms with Gasteiger partial charge in [0.1, 0.15) is 0 Å². The number of primary amides is 1. The zero-order valence-electron chi connectivity index (χ0n) is 4.66. The van der Waals surface area contributed by atoms with Crippen molar-refractivity contribution in [2.75, 3.05) is 0 Å². The van der Waals surface area contributed by atoms with E-state index in [0.717, 1.165) is 0 Å². The molecule has 1 atom stereocenters. The summed E-state index contributed by atoms with van der Waals surface area (Å²) in [7, 11) is 0. The molecule has 0 unspecified atom stereocenters. The van der Waals surface area contributed by atoms with Crippen molar-refractivity contribution in [3.8, 4) is 0 Å². The molecule has 0 aliphatic carbocycles. The molecule has 0 saturated heterocycles. The Kier molecular flexibility index (Phi) is 2.66. The SMILES string of the molecule is NC(=O)C[C@@H](N)C(=O)[O-]. The summed E-state index contributed by atoms with van der Waals surface area (Å²) in [6, 6.07) is -1.28. The van der Waals surface area contributed by atoms with Crippen LogP contribution in [0.4, 0.5) is 0 Å². The molecule has 0 aromatic rings. The number of carboxylic acid groups (broad SMARTS) is 1. The van der Waals surface area contributed by atoms with Crippen LogP contribution in [0, 0.1) is 0 Å². The van der Waals surface area contributed by atoms with Crippen LogP contribution in [0.3, 0.4) is 0 Å². The summed E-state index contributed by atoms with van der Waals surface area (Å²) >= 11 is 0. The summed E-state index contributed by atoms with van der Waals surface area (Å²) in [6.07, 6.45) is -0.373. The first-order chi connectivity index (χ1) is 4.04. The van der Waals surface area contributed by atoms with Crippen LogP contribution in [0.5, 0.6) is 0 Å². The van der Waals surface area contributed by atoms with Gasteiger partial charge in [0.15, 0.2) is 0 Å². The highest BCUT2D eigenvalue weighted by Crippen LogP contribution is 1.82. The first-order valence-corrected chi connectivity index (χ1v) is 2.28. The zero-order valence-corrected chi connectivity index (χ0v) is 4.66. The second kappa shape index (κ2) is 3.03. The van der Waals surface area contributed by atoms with E-state index in [4.69, 9.17) is 5.73 Å². The maximum absolute atomic E-state index is 9.97. The summed E-state index contributed by atoms with van der Waals surface area (Å²) in [5, 5.41) is 9.79. The largest absolute Gasteiger partial charge is 0.548 e. The van der Waals surface area contributed by atoms with Gasteiger partial charge in [-0.1, -0.05) is 0 Å². The number of hydrogen-bond acceptors (Lipinski definition) is 4. The van der Waals surface area contributed by atoms with Gasteiger partial charge in [0, 0.05) is 6.42 Å². The van der Waals surface area contributed by atoms with Crippen molar-refractivity contribution < 1.29 is 14.7 Å². The van der Waals surface area contributed by atoms with Crippen LogP contribution in [0.1, 0.15) is 6.42 Å². The van der Waals surface area contributed by atoms with Gasteiger partial charge in [-0.25, -0.2) is 0 Å². The average molecular weight is 131 g/mol. The second-order valence-electron chi connectivity index (χ2n) is 1.60. The van der Waals surface area contributed by atoms with Gasteiger partial charge in [0.25, 0.3) is 0 Å². The van der Waals surface area contributed by atoms with Crippen LogP contribution >= 0.6 is 0 Å². The fraction of sp³-hybridized carbons (Fsp3) is 0.500. The second-order valence-corrected chi connectivity index (χ2v) is 1.60. The molecule has 0 aromatic carbocycles. The smallest absolute Gasteiger partial charge is 0.219 e. The minimum absolute atomic E-state index is 0.373. The van der Waals surface area contributed by atoms with E-state index < -0.39 is 17.9 Å². The Morgan fingerprint density at radius 1 is 1.56 bits per heavy atom. The average Bonchev–Trinajstić information content (AvgIpc) is 1.63. The lowest BCUT2D eigenvalue weighted by Gasteiger charge is -2.08. The van der Waals surface area contributed by atoms with Crippen LogP contribution in [0.25, 0.3) is 0 Å². The molecule has 0 fully saturated rings. The van der Waals surface area contributed by atoms with E-state index in [-0.39, 0.29) is 6.42 Å². The summed E-state index contributed by atoms with van der Waals surface area (Å²) in [5.41, 5.74) is 9.48. The normalized spacial score (nSPS) is 12.6. The summed E-state index contributed by atoms with van der Waals surface area (Å²) in [4.78, 5) is 19.8. The van der Waals surface area contributed by atoms with Gasteiger partial charge < -0.3 is 21.4 Å². The number of carboxylic acids is 1. The van der Waals surface area contributed by atoms with Crippen molar-refractivity contribution in [3.63, 3.8) is 0 Å². The number of hydrogen-bond donors (Lipinski definition) is 2. The monoisotopic (exact) mass is 131 g/mol. The summed E-state index contributed by atoms with van der Waals surface area (Å²) < 4.78 is 0. The van der Waals surface area contributed by atoms with E-state index in [1.54, 1.807) is 0 Å². The van der Waals surface area contributed by atoms with E-state index in [0.29, 0.717) is 0 Å². The van der Waals surface area contributed by atoms with Gasteiger partial charge >= 0.3 is 0 Å². The Bertz CT molecular complexity index is 134. The van der Waals surface area contributed by atoms with E-state index >= 15 is 0 Å². The number of nitrogens with two attached hydrogens (primary N) is 2. The van der Waals surface area contributed by atoms with Gasteiger partial charge in [0.2, 0.25) is 5.91 Å². The quantitative estimate of drug-likeness (QED) is 0.423. The summed E-state index contributed by atoms with van der Waals surface area (Å²) in [6.45, 7) is 0. The zero-order chi connectivity index (χ0) is 7.44. The third kappa shape index (κ3) is 3.48. The first-order valence-electron chi connectivity index (χ1n) is 2.28. The number of rotatable bonds is 3. The van der Waals surface area contributed by atoms with Crippen molar-refractivity contribution >= 4 is 11.9 Å². The van der Waals surface area contributed by atoms with Gasteiger partial charge in [-0.2, -0.15) is 0 Å². The van der Waals surface area contributed by atoms with Crippen molar-refractivity contribution in [1.29, 1.82) is 0 Å². The van der Waals surface area contributed by atoms with Gasteiger partial charge in [-0.05, 0) is 0 Å². The third-order valence-electron chi connectivity index (χ3n) is 0.724. The lowest BCUT2D eigenvalue weighted by atomic mass is 10.2. The molecule has 5 heteroatoms. The molecule has 1 amide bonds. The highest BCUT2D eigenvalue weighted by molar-refractivity contribution is 5.82. The molecule has 0 bridgehead atoms. The molecule has 0 radical (unpaired) electrons. The maximum Gasteiger partial charge on any atom is 0.219 e. The number of carbonyl (C=O) groups excluding carboxylic acids is 2. The Hall–Kier alpha value is -1.10. The number of aliphatic carboxylic acids is 1. The van der Waals surface area contributed by atoms with Gasteiger partial charge in [-0.3, -0.25) is 4.79 Å². The predicted octanol–water partition coefficient (Wildman–Crippen LogP) is -3.06. The van der Waals surface area contributed by atoms with Crippen LogP contribution < -0.4 is 16.6 Å². The molecule has 52 valence electrons. The Morgan fingerprint density at radius 3 is 2.11 bits per heavy atom.